The zero-order valence-electron chi connectivity index (χ0n) is 2.20. The number of rotatable bonds is 0. The van der Waals surface area contributed by atoms with Crippen LogP contribution in [-0.2, 0) is 5.48 Å². The molecular weight excluding hydrogens is 100 g/mol. The standard InChI is InChI=1S/ClH.2Mg.O/h1H;;;/q;2*+2;-2/p-1. The van der Waals surface area contributed by atoms with Crippen LogP contribution in [0.15, 0.2) is 0 Å². The normalized spacial score (nSPS) is 0. The van der Waals surface area contributed by atoms with Crippen molar-refractivity contribution in [2.24, 2.45) is 0 Å². The minimum absolute atomic E-state index is 0. The maximum Gasteiger partial charge on any atom is 2.00 e. The molecule has 4 heavy (non-hydrogen) atoms. The zero-order chi connectivity index (χ0) is 0. The van der Waals surface area contributed by atoms with Gasteiger partial charge in [-0.3, -0.25) is 0 Å². The van der Waals surface area contributed by atoms with E-state index >= 15 is 0 Å². The molecule has 0 aromatic carbocycles. The second kappa shape index (κ2) is 21.5. The van der Waals surface area contributed by atoms with Crippen LogP contribution >= 0.6 is 0 Å². The van der Waals surface area contributed by atoms with Gasteiger partial charge in [-0.15, -0.1) is 0 Å². The number of hydrogen-bond donors (Lipinski definition) is 0. The fourth-order valence-electron chi connectivity index (χ4n) is 0. The third-order valence-corrected chi connectivity index (χ3v) is 0. The van der Waals surface area contributed by atoms with Crippen molar-refractivity contribution in [3.63, 3.8) is 0 Å². The van der Waals surface area contributed by atoms with Crippen LogP contribution in [0.3, 0.4) is 0 Å². The monoisotopic (exact) mass is 98.9 g/mol. The molecule has 0 aliphatic carbocycles. The molecule has 0 bridgehead atoms. The van der Waals surface area contributed by atoms with Gasteiger partial charge in [0.25, 0.3) is 0 Å². The molecule has 0 heterocycles. The van der Waals surface area contributed by atoms with Gasteiger partial charge in [0, 0.05) is 0 Å². The van der Waals surface area contributed by atoms with Crippen molar-refractivity contribution in [1.29, 1.82) is 0 Å². The second-order valence-corrected chi connectivity index (χ2v) is 0. The van der Waals surface area contributed by atoms with E-state index in [4.69, 9.17) is 0 Å². The summed E-state index contributed by atoms with van der Waals surface area (Å²) in [6, 6.07) is 0. The fourth-order valence-corrected chi connectivity index (χ4v) is 0. The Labute approximate surface area is 63.5 Å². The second-order valence-electron chi connectivity index (χ2n) is 0. The van der Waals surface area contributed by atoms with Crippen molar-refractivity contribution < 1.29 is 17.9 Å². The first-order chi connectivity index (χ1) is 0. The molecule has 0 aliphatic rings. The molecule has 0 amide bonds. The van der Waals surface area contributed by atoms with E-state index in [9.17, 15) is 0 Å². The third-order valence-electron chi connectivity index (χ3n) is 0. The first-order valence-electron chi connectivity index (χ1n) is 0. The van der Waals surface area contributed by atoms with Gasteiger partial charge < -0.3 is 17.9 Å². The molecule has 0 saturated heterocycles. The van der Waals surface area contributed by atoms with Crippen LogP contribution in [0.4, 0.5) is 0 Å². The van der Waals surface area contributed by atoms with Gasteiger partial charge in [-0.2, -0.15) is 0 Å². The molecule has 0 rings (SSSR count). The molecule has 1 nitrogen and oxygen atoms in total. The van der Waals surface area contributed by atoms with E-state index in [0.717, 1.165) is 0 Å². The van der Waals surface area contributed by atoms with Crippen molar-refractivity contribution in [1.82, 2.24) is 0 Å². The Balaban J connectivity index is 0. The summed E-state index contributed by atoms with van der Waals surface area (Å²) in [7, 11) is 0. The zero-order valence-corrected chi connectivity index (χ0v) is 5.78. The van der Waals surface area contributed by atoms with E-state index in [1.54, 1.807) is 0 Å². The Morgan fingerprint density at radius 3 is 0.750 bits per heavy atom. The number of hydrogen-bond acceptors (Lipinski definition) is 0. The van der Waals surface area contributed by atoms with Crippen molar-refractivity contribution in [2.75, 3.05) is 0 Å². The first kappa shape index (κ1) is 41.6. The van der Waals surface area contributed by atoms with Gasteiger partial charge in [0.05, 0.1) is 0 Å². The van der Waals surface area contributed by atoms with Gasteiger partial charge in [0.1, 0.15) is 0 Å². The summed E-state index contributed by atoms with van der Waals surface area (Å²) in [5.41, 5.74) is 0. The van der Waals surface area contributed by atoms with Crippen LogP contribution < -0.4 is 12.4 Å². The Morgan fingerprint density at radius 2 is 0.750 bits per heavy atom. The topological polar surface area (TPSA) is 28.5 Å². The Kier molecular flexibility index (Phi) is 224. The van der Waals surface area contributed by atoms with Crippen LogP contribution in [0.1, 0.15) is 0 Å². The molecule has 0 spiro atoms. The maximum absolute atomic E-state index is 0. The van der Waals surface area contributed by atoms with E-state index < -0.39 is 0 Å². The SMILES string of the molecule is [Cl-].[Mg+2].[Mg+2].[O-2]. The van der Waals surface area contributed by atoms with Crippen LogP contribution in [0.5, 0.6) is 0 Å². The third kappa shape index (κ3) is 9.22. The quantitative estimate of drug-likeness (QED) is 0.279. The van der Waals surface area contributed by atoms with Crippen LogP contribution in [0.25, 0.3) is 0 Å². The molecule has 0 aromatic heterocycles. The van der Waals surface area contributed by atoms with Crippen molar-refractivity contribution in [3.05, 3.63) is 0 Å². The largest absolute Gasteiger partial charge is 2.00 e. The molecule has 0 aliphatic heterocycles. The fraction of sp³-hybridized carbons (Fsp3) is 0. The van der Waals surface area contributed by atoms with Crippen LogP contribution in [0, 0.1) is 0 Å². The summed E-state index contributed by atoms with van der Waals surface area (Å²) in [6.45, 7) is 0. The summed E-state index contributed by atoms with van der Waals surface area (Å²) in [5, 5.41) is 0. The molecule has 4 heteroatoms. The van der Waals surface area contributed by atoms with Gasteiger partial charge in [0.15, 0.2) is 0 Å². The van der Waals surface area contributed by atoms with E-state index in [2.05, 4.69) is 0 Å². The molecule has 0 N–H and O–H groups in total. The van der Waals surface area contributed by atoms with Gasteiger partial charge in [-0.1, -0.05) is 0 Å². The molecule has 0 radical (unpaired) electrons. The Morgan fingerprint density at radius 1 is 0.750 bits per heavy atom. The smallest absolute Gasteiger partial charge is 2.00 e. The molecular formula is ClMg2O+. The van der Waals surface area contributed by atoms with Crippen molar-refractivity contribution in [3.8, 4) is 0 Å². The summed E-state index contributed by atoms with van der Waals surface area (Å²) in [6.07, 6.45) is 0. The molecule has 0 unspecified atom stereocenters. The summed E-state index contributed by atoms with van der Waals surface area (Å²) in [4.78, 5) is 0. The number of halogens is 1. The van der Waals surface area contributed by atoms with E-state index in [1.165, 1.54) is 0 Å². The van der Waals surface area contributed by atoms with Gasteiger partial charge >= 0.3 is 46.1 Å². The first-order valence-corrected chi connectivity index (χ1v) is 0. The summed E-state index contributed by atoms with van der Waals surface area (Å²) < 4.78 is 0. The summed E-state index contributed by atoms with van der Waals surface area (Å²) in [5.74, 6) is 0. The molecule has 0 atom stereocenters. The molecule has 0 fully saturated rings. The maximum atomic E-state index is 0. The predicted octanol–water partition coefficient (Wildman–Crippen LogP) is -3.88. The van der Waals surface area contributed by atoms with Crippen LogP contribution in [-0.4, -0.2) is 46.1 Å². The van der Waals surface area contributed by atoms with Crippen LogP contribution in [0.2, 0.25) is 0 Å². The van der Waals surface area contributed by atoms with E-state index in [1.807, 2.05) is 0 Å². The van der Waals surface area contributed by atoms with Crippen molar-refractivity contribution >= 4 is 46.1 Å². The summed E-state index contributed by atoms with van der Waals surface area (Å²) >= 11 is 0. The Hall–Kier alpha value is 1.78. The molecule has 0 aromatic rings. The van der Waals surface area contributed by atoms with Gasteiger partial charge in [0.2, 0.25) is 0 Å². The van der Waals surface area contributed by atoms with E-state index in [0.29, 0.717) is 0 Å². The molecule has 0 saturated carbocycles. The van der Waals surface area contributed by atoms with Crippen molar-refractivity contribution in [2.45, 2.75) is 0 Å². The minimum Gasteiger partial charge on any atom is -2.00 e. The minimum atomic E-state index is 0. The average Bonchev–Trinajstić information content (AvgIpc) is 0. The predicted molar refractivity (Wildman–Crippen MR) is 12.2 cm³/mol. The van der Waals surface area contributed by atoms with Gasteiger partial charge in [-0.25, -0.2) is 0 Å². The molecule has 16 valence electrons. The average molecular weight is 100 g/mol. The van der Waals surface area contributed by atoms with E-state index in [-0.39, 0.29) is 64.0 Å². The van der Waals surface area contributed by atoms with Gasteiger partial charge in [-0.05, 0) is 0 Å². The Bertz CT molecular complexity index is 6.00.